The Bertz CT molecular complexity index is 860. The number of hydrogen-bond donors (Lipinski definition) is 0. The van der Waals surface area contributed by atoms with E-state index in [4.69, 9.17) is 9.47 Å². The highest BCUT2D eigenvalue weighted by Gasteiger charge is 2.10. The number of hydrogen-bond acceptors (Lipinski definition) is 3. The van der Waals surface area contributed by atoms with E-state index in [0.29, 0.717) is 12.0 Å². The van der Waals surface area contributed by atoms with Crippen molar-refractivity contribution >= 4 is 5.78 Å². The standard InChI is InChI=1S/C22H22NO3.ClH/c1-25-20-7-3-17(4-8-20)15-22(24)19-11-13-23(14-12-19)16-18-5-9-21(26-2)10-6-18;/h3-14H,15-16H2,1-2H3;1H/q+1;/p-1. The first kappa shape index (κ1) is 20.5. The van der Waals surface area contributed by atoms with Gasteiger partial charge in [-0.05, 0) is 42.0 Å². The van der Waals surface area contributed by atoms with Gasteiger partial charge in [-0.15, -0.1) is 0 Å². The van der Waals surface area contributed by atoms with Gasteiger partial charge in [0.15, 0.2) is 24.7 Å². The van der Waals surface area contributed by atoms with Gasteiger partial charge >= 0.3 is 0 Å². The van der Waals surface area contributed by atoms with Crippen LogP contribution in [0.25, 0.3) is 0 Å². The van der Waals surface area contributed by atoms with Gasteiger partial charge in [-0.2, -0.15) is 0 Å². The lowest BCUT2D eigenvalue weighted by Gasteiger charge is -2.04. The number of pyridine rings is 1. The topological polar surface area (TPSA) is 39.4 Å². The minimum absolute atomic E-state index is 0. The van der Waals surface area contributed by atoms with Gasteiger partial charge in [0, 0.05) is 29.7 Å². The number of nitrogens with zero attached hydrogens (tertiary/aromatic N) is 1. The maximum atomic E-state index is 12.5. The van der Waals surface area contributed by atoms with E-state index >= 15 is 0 Å². The lowest BCUT2D eigenvalue weighted by Crippen LogP contribution is -3.00. The molecule has 140 valence electrons. The van der Waals surface area contributed by atoms with Gasteiger partial charge < -0.3 is 21.9 Å². The number of rotatable bonds is 7. The molecule has 0 saturated heterocycles. The fourth-order valence-corrected chi connectivity index (χ4v) is 2.72. The van der Waals surface area contributed by atoms with Crippen molar-refractivity contribution in [1.82, 2.24) is 0 Å². The van der Waals surface area contributed by atoms with Gasteiger partial charge in [-0.1, -0.05) is 12.1 Å². The molecule has 5 heteroatoms. The van der Waals surface area contributed by atoms with Crippen LogP contribution in [0.4, 0.5) is 0 Å². The van der Waals surface area contributed by atoms with E-state index in [2.05, 4.69) is 0 Å². The van der Waals surface area contributed by atoms with Crippen LogP contribution in [0.1, 0.15) is 21.5 Å². The summed E-state index contributed by atoms with van der Waals surface area (Å²) in [5.74, 6) is 1.74. The lowest BCUT2D eigenvalue weighted by molar-refractivity contribution is -0.688. The van der Waals surface area contributed by atoms with E-state index in [1.54, 1.807) is 14.2 Å². The summed E-state index contributed by atoms with van der Waals surface area (Å²) >= 11 is 0. The molecule has 0 bridgehead atoms. The summed E-state index contributed by atoms with van der Waals surface area (Å²) in [6.07, 6.45) is 4.25. The number of carbonyl (C=O) groups excluding carboxylic acids is 1. The summed E-state index contributed by atoms with van der Waals surface area (Å²) in [4.78, 5) is 12.5. The highest BCUT2D eigenvalue weighted by atomic mass is 35.5. The summed E-state index contributed by atoms with van der Waals surface area (Å²) in [6.45, 7) is 0.747. The molecule has 0 radical (unpaired) electrons. The van der Waals surface area contributed by atoms with Crippen LogP contribution in [0, 0.1) is 0 Å². The van der Waals surface area contributed by atoms with Crippen molar-refractivity contribution in [2.24, 2.45) is 0 Å². The molecule has 1 heterocycles. The third-order valence-electron chi connectivity index (χ3n) is 4.26. The van der Waals surface area contributed by atoms with E-state index in [9.17, 15) is 4.79 Å². The molecular weight excluding hydrogens is 362 g/mol. The Morgan fingerprint density at radius 3 is 1.74 bits per heavy atom. The zero-order chi connectivity index (χ0) is 18.4. The van der Waals surface area contributed by atoms with E-state index in [-0.39, 0.29) is 18.2 Å². The highest BCUT2D eigenvalue weighted by molar-refractivity contribution is 5.97. The quantitative estimate of drug-likeness (QED) is 0.440. The van der Waals surface area contributed by atoms with Crippen LogP contribution in [-0.4, -0.2) is 20.0 Å². The Morgan fingerprint density at radius 2 is 1.26 bits per heavy atom. The summed E-state index contributed by atoms with van der Waals surface area (Å²) in [5, 5.41) is 0. The second-order valence-electron chi connectivity index (χ2n) is 6.06. The maximum Gasteiger partial charge on any atom is 0.173 e. The third kappa shape index (κ3) is 5.56. The smallest absolute Gasteiger partial charge is 0.173 e. The van der Waals surface area contributed by atoms with Crippen molar-refractivity contribution in [2.45, 2.75) is 13.0 Å². The first-order valence-corrected chi connectivity index (χ1v) is 8.46. The van der Waals surface area contributed by atoms with E-state index < -0.39 is 0 Å². The van der Waals surface area contributed by atoms with Crippen molar-refractivity contribution in [3.05, 3.63) is 89.7 Å². The van der Waals surface area contributed by atoms with Crippen molar-refractivity contribution in [1.29, 1.82) is 0 Å². The first-order chi connectivity index (χ1) is 12.7. The number of methoxy groups -OCH3 is 2. The number of benzene rings is 2. The van der Waals surface area contributed by atoms with E-state index in [1.165, 1.54) is 5.56 Å². The Labute approximate surface area is 165 Å². The minimum atomic E-state index is 0. The summed E-state index contributed by atoms with van der Waals surface area (Å²) < 4.78 is 12.4. The Hall–Kier alpha value is -2.85. The second kappa shape index (κ2) is 9.74. The molecule has 3 aromatic rings. The molecule has 2 aromatic carbocycles. The Kier molecular flexibility index (Phi) is 7.38. The molecule has 0 saturated carbocycles. The van der Waals surface area contributed by atoms with Gasteiger partial charge in [-0.3, -0.25) is 4.79 Å². The molecule has 4 nitrogen and oxygen atoms in total. The monoisotopic (exact) mass is 383 g/mol. The number of halogens is 1. The highest BCUT2D eigenvalue weighted by Crippen LogP contribution is 2.14. The zero-order valence-corrected chi connectivity index (χ0v) is 16.1. The molecule has 0 aliphatic heterocycles. The number of ketones is 1. The third-order valence-corrected chi connectivity index (χ3v) is 4.26. The van der Waals surface area contributed by atoms with Crippen LogP contribution in [0.15, 0.2) is 73.1 Å². The molecule has 27 heavy (non-hydrogen) atoms. The van der Waals surface area contributed by atoms with Crippen LogP contribution >= 0.6 is 0 Å². The maximum absolute atomic E-state index is 12.5. The number of ether oxygens (including phenoxy) is 2. The summed E-state index contributed by atoms with van der Waals surface area (Å²) in [6, 6.07) is 19.3. The number of carbonyl (C=O) groups is 1. The van der Waals surface area contributed by atoms with Crippen LogP contribution in [0.2, 0.25) is 0 Å². The van der Waals surface area contributed by atoms with Gasteiger partial charge in [0.05, 0.1) is 14.2 Å². The van der Waals surface area contributed by atoms with Crippen molar-refractivity contribution in [3.63, 3.8) is 0 Å². The van der Waals surface area contributed by atoms with Gasteiger partial charge in [0.1, 0.15) is 11.5 Å². The molecule has 0 atom stereocenters. The molecular formula is C22H22ClNO3. The zero-order valence-electron chi connectivity index (χ0n) is 15.4. The average Bonchev–Trinajstić information content (AvgIpc) is 2.69. The predicted molar refractivity (Wildman–Crippen MR) is 99.8 cm³/mol. The normalized spacial score (nSPS) is 10.0. The fraction of sp³-hybridized carbons (Fsp3) is 0.182. The largest absolute Gasteiger partial charge is 1.00 e. The van der Waals surface area contributed by atoms with Crippen LogP contribution in [0.5, 0.6) is 11.5 Å². The van der Waals surface area contributed by atoms with E-state index in [0.717, 1.165) is 23.6 Å². The molecule has 0 amide bonds. The number of Topliss-reactive ketones (excluding diaryl/α,β-unsaturated/α-hetero) is 1. The summed E-state index contributed by atoms with van der Waals surface area (Å²) in [7, 11) is 3.29. The van der Waals surface area contributed by atoms with Crippen molar-refractivity contribution in [3.8, 4) is 11.5 Å². The first-order valence-electron chi connectivity index (χ1n) is 8.46. The summed E-state index contributed by atoms with van der Waals surface area (Å²) in [5.41, 5.74) is 2.87. The van der Waals surface area contributed by atoms with Crippen molar-refractivity contribution < 1.29 is 31.2 Å². The lowest BCUT2D eigenvalue weighted by atomic mass is 10.0. The number of aromatic nitrogens is 1. The molecule has 0 aliphatic carbocycles. The van der Waals surface area contributed by atoms with Gasteiger partial charge in [0.25, 0.3) is 0 Å². The van der Waals surface area contributed by atoms with Gasteiger partial charge in [0.2, 0.25) is 0 Å². The average molecular weight is 384 g/mol. The molecule has 0 aliphatic rings. The predicted octanol–water partition coefficient (Wildman–Crippen LogP) is 0.469. The fourth-order valence-electron chi connectivity index (χ4n) is 2.72. The molecule has 0 spiro atoms. The molecule has 0 unspecified atom stereocenters. The SMILES string of the molecule is COc1ccc(CC(=O)c2cc[n+](Cc3ccc(OC)cc3)cc2)cc1.[Cl-]. The molecule has 0 N–H and O–H groups in total. The van der Waals surface area contributed by atoms with Crippen LogP contribution < -0.4 is 26.4 Å². The minimum Gasteiger partial charge on any atom is -1.00 e. The van der Waals surface area contributed by atoms with Gasteiger partial charge in [-0.25, -0.2) is 4.57 Å². The molecule has 3 rings (SSSR count). The van der Waals surface area contributed by atoms with E-state index in [1.807, 2.05) is 77.6 Å². The van der Waals surface area contributed by atoms with Crippen LogP contribution in [-0.2, 0) is 13.0 Å². The molecule has 0 fully saturated rings. The second-order valence-corrected chi connectivity index (χ2v) is 6.06. The Balaban J connectivity index is 0.00000261. The Morgan fingerprint density at radius 1 is 0.778 bits per heavy atom. The molecule has 1 aromatic heterocycles. The van der Waals surface area contributed by atoms with Crippen molar-refractivity contribution in [2.75, 3.05) is 14.2 Å². The van der Waals surface area contributed by atoms with Crippen LogP contribution in [0.3, 0.4) is 0 Å².